The largest absolute Gasteiger partial charge is 0.505 e. The molecule has 0 spiro atoms. The molecule has 5 aromatic carbocycles. The highest BCUT2D eigenvalue weighted by Crippen LogP contribution is 2.48. The molecule has 1 heterocycles. The minimum atomic E-state index is -5.21. The van der Waals surface area contributed by atoms with Crippen molar-refractivity contribution in [2.45, 2.75) is 27.7 Å². The highest BCUT2D eigenvalue weighted by Gasteiger charge is 2.41. The number of benzene rings is 5. The number of hydrazone groups is 1. The van der Waals surface area contributed by atoms with E-state index in [-0.39, 0.29) is 92.3 Å². The Kier molecular flexibility index (Phi) is 17.7. The zero-order valence-electron chi connectivity index (χ0n) is 35.6. The number of hydrogen-bond acceptors (Lipinski definition) is 26. The number of anilines is 1. The number of ether oxygens (including phenoxy) is 2. The molecule has 0 saturated carbocycles. The van der Waals surface area contributed by atoms with Gasteiger partial charge in [0.15, 0.2) is 17.4 Å². The molecule has 1 atom stereocenters. The number of nitrogens with zero attached hydrogens (tertiary/aromatic N) is 9. The van der Waals surface area contributed by atoms with Gasteiger partial charge in [0.2, 0.25) is 6.04 Å². The van der Waals surface area contributed by atoms with Crippen LogP contribution in [0.4, 0.5) is 39.8 Å². The predicted molar refractivity (Wildman–Crippen MR) is 243 cm³/mol. The van der Waals surface area contributed by atoms with Crippen LogP contribution in [0, 0.1) is 0 Å². The number of amides is 1. The van der Waals surface area contributed by atoms with Gasteiger partial charge in [0, 0.05) is 29.3 Å². The van der Waals surface area contributed by atoms with Gasteiger partial charge in [0.25, 0.3) is 16.0 Å². The minimum absolute atomic E-state index is 0.0447. The summed E-state index contributed by atoms with van der Waals surface area (Å²) in [6, 6.07) is 12.5. The van der Waals surface area contributed by atoms with Gasteiger partial charge < -0.3 is 40.1 Å². The number of carboxylic acid groups (broad SMARTS) is 2. The summed E-state index contributed by atoms with van der Waals surface area (Å²) in [6.45, 7) is -0.377. The third kappa shape index (κ3) is 13.0. The molecule has 32 heteroatoms. The Hall–Kier alpha value is -7.60. The van der Waals surface area contributed by atoms with Gasteiger partial charge in [0.05, 0.1) is 59.1 Å². The lowest BCUT2D eigenvalue weighted by atomic mass is 10.1. The number of phenolic OH excluding ortho intramolecular Hbond substituents is 1. The Labute approximate surface area is 405 Å². The fraction of sp³-hybridized carbons (Fsp3) is 0.154. The maximum absolute atomic E-state index is 13.5. The van der Waals surface area contributed by atoms with Gasteiger partial charge in [-0.1, -0.05) is 10.1 Å². The van der Waals surface area contributed by atoms with E-state index in [4.69, 9.17) is 20.0 Å². The molecule has 6 rings (SSSR count). The molecular formula is C39H33N9O20S3. The maximum atomic E-state index is 13.5. The third-order valence-corrected chi connectivity index (χ3v) is 11.1. The zero-order chi connectivity index (χ0) is 51.4. The predicted octanol–water partition coefficient (Wildman–Crippen LogP) is 7.47. The molecule has 0 radical (unpaired) electrons. The van der Waals surface area contributed by atoms with Crippen LogP contribution in [0.5, 0.6) is 17.2 Å². The molecule has 372 valence electrons. The third-order valence-electron chi connectivity index (χ3n) is 8.98. The number of carbonyl (C=O) groups excluding carboxylic acids is 1. The van der Waals surface area contributed by atoms with E-state index in [2.05, 4.69) is 59.5 Å². The molecule has 0 aromatic heterocycles. The quantitative estimate of drug-likeness (QED) is 0.00582. The van der Waals surface area contributed by atoms with E-state index < -0.39 is 75.0 Å². The number of phenols is 1. The Morgan fingerprint density at radius 3 is 1.96 bits per heavy atom. The van der Waals surface area contributed by atoms with Crippen molar-refractivity contribution in [3.05, 3.63) is 78.4 Å². The van der Waals surface area contributed by atoms with Crippen molar-refractivity contribution < 1.29 is 96.7 Å². The first-order valence-electron chi connectivity index (χ1n) is 19.4. The fourth-order valence-corrected chi connectivity index (χ4v) is 7.55. The van der Waals surface area contributed by atoms with E-state index >= 15 is 0 Å². The smallest absolute Gasteiger partial charge is 0.355 e. The average molecular weight is 1040 g/mol. The average Bonchev–Trinajstić information content (AvgIpc) is 3.67. The number of aliphatic imine (C=N–C) groups is 1. The van der Waals surface area contributed by atoms with E-state index in [0.29, 0.717) is 21.9 Å². The number of aliphatic hydroxyl groups excluding tert-OH is 3. The summed E-state index contributed by atoms with van der Waals surface area (Å²) in [4.78, 5) is 40.8. The summed E-state index contributed by atoms with van der Waals surface area (Å²) in [6.07, 6.45) is 0. The highest BCUT2D eigenvalue weighted by atomic mass is 32.2. The molecule has 1 amide bonds. The van der Waals surface area contributed by atoms with Crippen LogP contribution in [0.15, 0.2) is 128 Å². The van der Waals surface area contributed by atoms with E-state index in [1.807, 2.05) is 0 Å². The summed E-state index contributed by atoms with van der Waals surface area (Å²) >= 11 is 0.822. The number of aromatic carboxylic acids is 1. The Balaban J connectivity index is 1.43. The molecule has 5 aromatic rings. The zero-order valence-corrected chi connectivity index (χ0v) is 38.0. The number of rotatable bonds is 23. The summed E-state index contributed by atoms with van der Waals surface area (Å²) in [5, 5.41) is 113. The molecule has 1 unspecified atom stereocenters. The first kappa shape index (κ1) is 52.8. The van der Waals surface area contributed by atoms with E-state index in [9.17, 15) is 58.0 Å². The first-order chi connectivity index (χ1) is 34.0. The standard InChI is InChI=1S/C39H33N9O20S3/c1-18(51)40-20-2-7-25(24(14-20)38(54)55)41-42-26-16-30(64-11-9-50)27(17-29(26)63-10-8-49)43-45-33-31(70-68-66-59)12-19-13-32(71(60,61)62)28(15-23(19)36(33)52)44-46-34-35(39(56)57)47-48(37(34)53)21-3-5-22(6-4-21)69-67-65-58/h2-7,12-17,34,49-50,52,58-59H,8-11H2,1H3,(H,40,51)(H,54,55)(H,56,57)(H,60,61,62). The fourth-order valence-electron chi connectivity index (χ4n) is 6.06. The first-order valence-corrected chi connectivity index (χ1v) is 22.3. The second kappa shape index (κ2) is 23.8. The van der Waals surface area contributed by atoms with Crippen LogP contribution in [0.2, 0.25) is 0 Å². The topological polar surface area (TPSA) is 425 Å². The molecule has 0 saturated heterocycles. The molecule has 29 nitrogen and oxygen atoms in total. The van der Waals surface area contributed by atoms with E-state index in [1.54, 1.807) is 0 Å². The number of carbonyl (C=O) groups is 3. The molecular weight excluding hydrogens is 1010 g/mol. The van der Waals surface area contributed by atoms with Gasteiger partial charge >= 0.3 is 11.9 Å². The monoisotopic (exact) mass is 1040 g/mol. The maximum Gasteiger partial charge on any atom is 0.355 e. The summed E-state index contributed by atoms with van der Waals surface area (Å²) in [7, 11) is -5.21. The van der Waals surface area contributed by atoms with Crippen molar-refractivity contribution >= 4 is 114 Å². The van der Waals surface area contributed by atoms with Crippen LogP contribution in [-0.4, -0.2) is 116 Å². The van der Waals surface area contributed by atoms with Gasteiger partial charge in [0.1, 0.15) is 58.0 Å². The second-order valence-electron chi connectivity index (χ2n) is 13.6. The number of aromatic hydroxyl groups is 1. The lowest BCUT2D eigenvalue weighted by Gasteiger charge is -2.14. The van der Waals surface area contributed by atoms with Gasteiger partial charge in [-0.25, -0.2) is 25.1 Å². The summed E-state index contributed by atoms with van der Waals surface area (Å²) in [5.41, 5.74) is -2.72. The van der Waals surface area contributed by atoms with Crippen molar-refractivity contribution in [3.63, 3.8) is 0 Å². The Bertz CT molecular complexity index is 3120. The highest BCUT2D eigenvalue weighted by molar-refractivity contribution is 7.95. The molecule has 1 aliphatic rings. The summed E-state index contributed by atoms with van der Waals surface area (Å²) < 4.78 is 55.9. The van der Waals surface area contributed by atoms with Crippen molar-refractivity contribution in [2.75, 3.05) is 31.4 Å². The van der Waals surface area contributed by atoms with Crippen LogP contribution in [0.3, 0.4) is 0 Å². The Morgan fingerprint density at radius 2 is 1.38 bits per heavy atom. The van der Waals surface area contributed by atoms with E-state index in [0.717, 1.165) is 24.3 Å². The number of fused-ring (bicyclic) bond motifs is 1. The van der Waals surface area contributed by atoms with Crippen molar-refractivity contribution in [2.24, 2.45) is 40.8 Å². The molecule has 0 aliphatic carbocycles. The lowest BCUT2D eigenvalue weighted by molar-refractivity contribution is -0.432. The van der Waals surface area contributed by atoms with Crippen molar-refractivity contribution in [1.82, 2.24) is 0 Å². The van der Waals surface area contributed by atoms with Crippen LogP contribution in [0.25, 0.3) is 10.8 Å². The molecule has 1 aliphatic heterocycles. The molecule has 0 fully saturated rings. The van der Waals surface area contributed by atoms with Crippen LogP contribution >= 0.6 is 24.1 Å². The van der Waals surface area contributed by atoms with E-state index in [1.165, 1.54) is 55.5 Å². The van der Waals surface area contributed by atoms with Gasteiger partial charge in [-0.2, -0.15) is 28.8 Å². The number of carboxylic acids is 2. The SMILES string of the molecule is CC(O)=Nc1ccc(N=Nc2cc(OCCO)c(N=Nc3c(SOOO)cc4cc(S(=O)(=O)O)c(N=NC5C(=O)N(c6ccc(SOOO)cc6)N=C5C(=O)O)cc4c3O)cc2OCCO)c(C(=O)O)c1. The normalized spacial score (nSPS) is 14.4. The van der Waals surface area contributed by atoms with Gasteiger partial charge in [-0.05, 0) is 66.0 Å². The lowest BCUT2D eigenvalue weighted by Crippen LogP contribution is -2.33. The van der Waals surface area contributed by atoms with Crippen molar-refractivity contribution in [1.29, 1.82) is 0 Å². The van der Waals surface area contributed by atoms with Gasteiger partial charge in [-0.15, -0.1) is 29.1 Å². The van der Waals surface area contributed by atoms with Gasteiger partial charge in [-0.3, -0.25) is 9.35 Å². The molecule has 9 N–H and O–H groups in total. The Morgan fingerprint density at radius 1 is 0.761 bits per heavy atom. The summed E-state index contributed by atoms with van der Waals surface area (Å²) in [5.74, 6) is -5.61. The number of aliphatic hydroxyl groups is 3. The second-order valence-corrected chi connectivity index (χ2v) is 16.5. The number of azo groups is 3. The minimum Gasteiger partial charge on any atom is -0.505 e. The van der Waals surface area contributed by atoms with Crippen molar-refractivity contribution in [3.8, 4) is 17.2 Å². The molecule has 71 heavy (non-hydrogen) atoms. The molecule has 0 bridgehead atoms. The van der Waals surface area contributed by atoms with Crippen LogP contribution < -0.4 is 14.5 Å². The number of aliphatic carboxylic acids is 1. The van der Waals surface area contributed by atoms with Crippen LogP contribution in [0.1, 0.15) is 17.3 Å². The number of hydrogen-bond donors (Lipinski definition) is 9. The van der Waals surface area contributed by atoms with Crippen LogP contribution in [-0.2, 0) is 38.5 Å².